The summed E-state index contributed by atoms with van der Waals surface area (Å²) in [6.07, 6.45) is 11.4. The lowest BCUT2D eigenvalue weighted by molar-refractivity contribution is 0.243. The summed E-state index contributed by atoms with van der Waals surface area (Å²) in [5, 5.41) is 9.72. The number of likely N-dealkylation sites (tertiary alicyclic amines) is 1. The van der Waals surface area contributed by atoms with Crippen LogP contribution in [0.1, 0.15) is 50.5 Å². The van der Waals surface area contributed by atoms with Crippen molar-refractivity contribution in [1.82, 2.24) is 15.1 Å². The van der Waals surface area contributed by atoms with Crippen molar-refractivity contribution in [2.75, 3.05) is 31.1 Å². The molecule has 1 aliphatic carbocycles. The molecule has 1 aromatic carbocycles. The standard InChI is InChI=1S/C26H34ClN5/c1-19-6-7-21(16-24(19)27)25-8-9-26(30-29-25)31-14-11-22(12-15-31)28-17-20-10-13-32(18-20)23-4-2-3-5-23/h6-9,16-17,20,22-23H,2-5,10-15,18H2,1H3. The lowest BCUT2D eigenvalue weighted by Gasteiger charge is -2.31. The van der Waals surface area contributed by atoms with Gasteiger partial charge in [-0.1, -0.05) is 36.6 Å². The highest BCUT2D eigenvalue weighted by atomic mass is 35.5. The lowest BCUT2D eigenvalue weighted by atomic mass is 10.0. The van der Waals surface area contributed by atoms with Gasteiger partial charge in [0.05, 0.1) is 11.7 Å². The van der Waals surface area contributed by atoms with Gasteiger partial charge in [-0.25, -0.2) is 0 Å². The molecule has 1 saturated carbocycles. The Hall–Kier alpha value is -1.98. The van der Waals surface area contributed by atoms with E-state index in [2.05, 4.69) is 32.3 Å². The molecule has 2 aromatic rings. The Labute approximate surface area is 196 Å². The minimum Gasteiger partial charge on any atom is -0.355 e. The van der Waals surface area contributed by atoms with Crippen molar-refractivity contribution in [3.63, 3.8) is 0 Å². The Bertz CT molecular complexity index is 930. The van der Waals surface area contributed by atoms with Gasteiger partial charge in [-0.15, -0.1) is 10.2 Å². The van der Waals surface area contributed by atoms with Crippen LogP contribution in [0.15, 0.2) is 35.3 Å². The van der Waals surface area contributed by atoms with Gasteiger partial charge in [-0.05, 0) is 69.3 Å². The number of aromatic nitrogens is 2. The highest BCUT2D eigenvalue weighted by Crippen LogP contribution is 2.29. The van der Waals surface area contributed by atoms with Crippen LogP contribution in [-0.2, 0) is 0 Å². The Balaban J connectivity index is 1.11. The van der Waals surface area contributed by atoms with E-state index in [0.717, 1.165) is 59.6 Å². The monoisotopic (exact) mass is 451 g/mol. The first-order valence-electron chi connectivity index (χ1n) is 12.3. The Morgan fingerprint density at radius 3 is 2.50 bits per heavy atom. The van der Waals surface area contributed by atoms with Gasteiger partial charge < -0.3 is 4.90 Å². The van der Waals surface area contributed by atoms with Gasteiger partial charge in [0.25, 0.3) is 0 Å². The molecular weight excluding hydrogens is 418 g/mol. The van der Waals surface area contributed by atoms with Gasteiger partial charge in [0.2, 0.25) is 0 Å². The fourth-order valence-corrected chi connectivity index (χ4v) is 5.61. The lowest BCUT2D eigenvalue weighted by Crippen LogP contribution is -2.36. The molecule has 5 rings (SSSR count). The first kappa shape index (κ1) is 21.8. The van der Waals surface area contributed by atoms with Gasteiger partial charge in [-0.3, -0.25) is 9.89 Å². The molecule has 3 fully saturated rings. The van der Waals surface area contributed by atoms with Crippen LogP contribution < -0.4 is 4.90 Å². The fraction of sp³-hybridized carbons (Fsp3) is 0.577. The van der Waals surface area contributed by atoms with Crippen LogP contribution in [-0.4, -0.2) is 59.6 Å². The number of halogens is 1. The molecule has 3 heterocycles. The third kappa shape index (κ3) is 4.99. The van der Waals surface area contributed by atoms with Gasteiger partial charge in [0, 0.05) is 48.4 Å². The molecule has 0 N–H and O–H groups in total. The molecule has 5 nitrogen and oxygen atoms in total. The smallest absolute Gasteiger partial charge is 0.151 e. The predicted molar refractivity (Wildman–Crippen MR) is 133 cm³/mol. The molecule has 6 heteroatoms. The predicted octanol–water partition coefficient (Wildman–Crippen LogP) is 5.41. The van der Waals surface area contributed by atoms with Crippen LogP contribution in [0.5, 0.6) is 0 Å². The zero-order valence-corrected chi connectivity index (χ0v) is 19.8. The maximum absolute atomic E-state index is 6.26. The molecule has 3 aliphatic rings. The van der Waals surface area contributed by atoms with Crippen molar-refractivity contribution in [2.24, 2.45) is 10.9 Å². The van der Waals surface area contributed by atoms with Crippen molar-refractivity contribution in [1.29, 1.82) is 0 Å². The Kier molecular flexibility index (Phi) is 6.74. The minimum atomic E-state index is 0.453. The number of rotatable bonds is 5. The van der Waals surface area contributed by atoms with Crippen molar-refractivity contribution in [3.05, 3.63) is 40.9 Å². The number of aliphatic imine (C=N–C) groups is 1. The van der Waals surface area contributed by atoms with E-state index in [1.807, 2.05) is 31.2 Å². The number of hydrogen-bond acceptors (Lipinski definition) is 5. The van der Waals surface area contributed by atoms with E-state index in [1.54, 1.807) is 0 Å². The van der Waals surface area contributed by atoms with Crippen molar-refractivity contribution < 1.29 is 0 Å². The molecular formula is C26H34ClN5. The summed E-state index contributed by atoms with van der Waals surface area (Å²) in [5.74, 6) is 1.61. The first-order valence-corrected chi connectivity index (χ1v) is 12.7. The summed E-state index contributed by atoms with van der Waals surface area (Å²) in [5.41, 5.74) is 2.94. The first-order chi connectivity index (χ1) is 15.7. The third-order valence-electron chi connectivity index (χ3n) is 7.51. The van der Waals surface area contributed by atoms with Gasteiger partial charge in [-0.2, -0.15) is 0 Å². The van der Waals surface area contributed by atoms with E-state index in [1.165, 1.54) is 45.2 Å². The topological polar surface area (TPSA) is 44.6 Å². The molecule has 170 valence electrons. The number of nitrogens with zero attached hydrogens (tertiary/aromatic N) is 5. The molecule has 0 amide bonds. The zero-order chi connectivity index (χ0) is 21.9. The van der Waals surface area contributed by atoms with E-state index >= 15 is 0 Å². The van der Waals surface area contributed by atoms with E-state index < -0.39 is 0 Å². The van der Waals surface area contributed by atoms with Crippen LogP contribution in [0.25, 0.3) is 11.3 Å². The second-order valence-electron chi connectivity index (χ2n) is 9.74. The molecule has 2 saturated heterocycles. The number of benzene rings is 1. The SMILES string of the molecule is Cc1ccc(-c2ccc(N3CCC(N=CC4CCN(C5CCCC5)C4)CC3)nn2)cc1Cl. The van der Waals surface area contributed by atoms with Gasteiger partial charge in [0.1, 0.15) is 0 Å². The highest BCUT2D eigenvalue weighted by Gasteiger charge is 2.29. The normalized spacial score (nSPS) is 23.6. The van der Waals surface area contributed by atoms with Crippen molar-refractivity contribution >= 4 is 23.6 Å². The molecule has 2 aliphatic heterocycles. The largest absolute Gasteiger partial charge is 0.355 e. The second kappa shape index (κ2) is 9.88. The molecule has 0 bridgehead atoms. The Morgan fingerprint density at radius 2 is 1.78 bits per heavy atom. The van der Waals surface area contributed by atoms with Crippen molar-refractivity contribution in [2.45, 2.75) is 64.0 Å². The fourth-order valence-electron chi connectivity index (χ4n) is 5.43. The average molecular weight is 452 g/mol. The second-order valence-corrected chi connectivity index (χ2v) is 10.1. The summed E-state index contributed by atoms with van der Waals surface area (Å²) < 4.78 is 0. The molecule has 0 spiro atoms. The third-order valence-corrected chi connectivity index (χ3v) is 7.92. The summed E-state index contributed by atoms with van der Waals surface area (Å²) in [6, 6.07) is 11.5. The van der Waals surface area contributed by atoms with Crippen LogP contribution in [0.2, 0.25) is 5.02 Å². The summed E-state index contributed by atoms with van der Waals surface area (Å²) >= 11 is 6.26. The molecule has 0 radical (unpaired) electrons. The molecule has 1 aromatic heterocycles. The van der Waals surface area contributed by atoms with E-state index in [-0.39, 0.29) is 0 Å². The summed E-state index contributed by atoms with van der Waals surface area (Å²) in [4.78, 5) is 10.1. The van der Waals surface area contributed by atoms with Crippen LogP contribution >= 0.6 is 11.6 Å². The van der Waals surface area contributed by atoms with Crippen molar-refractivity contribution in [3.8, 4) is 11.3 Å². The van der Waals surface area contributed by atoms with E-state index in [9.17, 15) is 0 Å². The number of aryl methyl sites for hydroxylation is 1. The quantitative estimate of drug-likeness (QED) is 0.570. The van der Waals surface area contributed by atoms with Crippen LogP contribution in [0, 0.1) is 12.8 Å². The molecule has 1 atom stereocenters. The van der Waals surface area contributed by atoms with Gasteiger partial charge >= 0.3 is 0 Å². The van der Waals surface area contributed by atoms with Gasteiger partial charge in [0.15, 0.2) is 5.82 Å². The Morgan fingerprint density at radius 1 is 0.969 bits per heavy atom. The van der Waals surface area contributed by atoms with E-state index in [0.29, 0.717) is 12.0 Å². The maximum atomic E-state index is 6.26. The average Bonchev–Trinajstić information content (AvgIpc) is 3.52. The van der Waals surface area contributed by atoms with Crippen LogP contribution in [0.3, 0.4) is 0 Å². The molecule has 32 heavy (non-hydrogen) atoms. The number of piperidine rings is 1. The number of hydrogen-bond donors (Lipinski definition) is 0. The van der Waals surface area contributed by atoms with E-state index in [4.69, 9.17) is 16.6 Å². The maximum Gasteiger partial charge on any atom is 0.151 e. The highest BCUT2D eigenvalue weighted by molar-refractivity contribution is 6.31. The zero-order valence-electron chi connectivity index (χ0n) is 19.1. The molecule has 1 unspecified atom stereocenters. The summed E-state index contributed by atoms with van der Waals surface area (Å²) in [6.45, 7) is 6.48. The summed E-state index contributed by atoms with van der Waals surface area (Å²) in [7, 11) is 0. The minimum absolute atomic E-state index is 0.453. The number of anilines is 1. The van der Waals surface area contributed by atoms with Crippen LogP contribution in [0.4, 0.5) is 5.82 Å².